The van der Waals surface area contributed by atoms with Crippen LogP contribution < -0.4 is 9.91 Å². The van der Waals surface area contributed by atoms with Gasteiger partial charge in [-0.3, -0.25) is 0 Å². The van der Waals surface area contributed by atoms with Crippen molar-refractivity contribution in [2.75, 3.05) is 9.91 Å². The minimum atomic E-state index is 0. The van der Waals surface area contributed by atoms with Crippen molar-refractivity contribution in [3.63, 3.8) is 0 Å². The van der Waals surface area contributed by atoms with E-state index in [-0.39, 0.29) is 20.1 Å². The van der Waals surface area contributed by atoms with Crippen LogP contribution in [0, 0.1) is 12.7 Å². The average molecular weight is 572 g/mol. The monoisotopic (exact) mass is 572 g/mol. The molecular formula is C26H25IrN3-2. The van der Waals surface area contributed by atoms with E-state index < -0.39 is 0 Å². The smallest absolute Gasteiger partial charge is 0.127 e. The molecule has 2 aliphatic rings. The summed E-state index contributed by atoms with van der Waals surface area (Å²) in [6.45, 7) is 11.0. The largest absolute Gasteiger partial charge is 0.476 e. The summed E-state index contributed by atoms with van der Waals surface area (Å²) < 4.78 is 0. The number of hydrogen-bond donors (Lipinski definition) is 0. The molecule has 2 aliphatic heterocycles. The molecule has 0 fully saturated rings. The summed E-state index contributed by atoms with van der Waals surface area (Å²) in [5, 5.41) is 6.94. The van der Waals surface area contributed by atoms with Crippen LogP contribution in [0.2, 0.25) is 0 Å². The Labute approximate surface area is 192 Å². The molecule has 0 atom stereocenters. The molecule has 0 saturated heterocycles. The second kappa shape index (κ2) is 8.02. The van der Waals surface area contributed by atoms with E-state index in [0.29, 0.717) is 11.8 Å². The maximum absolute atomic E-state index is 4.98. The van der Waals surface area contributed by atoms with Gasteiger partial charge >= 0.3 is 0 Å². The molecular weight excluding hydrogens is 547 g/mol. The van der Waals surface area contributed by atoms with E-state index in [9.17, 15) is 0 Å². The third-order valence-electron chi connectivity index (χ3n) is 5.77. The Morgan fingerprint density at radius 1 is 0.833 bits per heavy atom. The van der Waals surface area contributed by atoms with Crippen molar-refractivity contribution < 1.29 is 20.1 Å². The molecule has 4 heteroatoms. The molecule has 30 heavy (non-hydrogen) atoms. The number of para-hydroxylation sites is 1. The van der Waals surface area contributed by atoms with Crippen molar-refractivity contribution in [3.8, 4) is 11.1 Å². The molecule has 5 rings (SSSR count). The molecule has 0 aliphatic carbocycles. The number of hydrogen-bond acceptors (Lipinski definition) is 3. The molecule has 0 unspecified atom stereocenters. The van der Waals surface area contributed by atoms with Crippen molar-refractivity contribution in [1.82, 2.24) is 0 Å². The van der Waals surface area contributed by atoms with Crippen molar-refractivity contribution >= 4 is 17.2 Å². The normalized spacial score (nSPS) is 14.3. The number of nitrogens with zero attached hydrogens (tertiary/aromatic N) is 3. The second-order valence-corrected chi connectivity index (χ2v) is 8.40. The maximum atomic E-state index is 4.98. The summed E-state index contributed by atoms with van der Waals surface area (Å²) in [6.07, 6.45) is 0. The maximum Gasteiger partial charge on any atom is 0.127 e. The molecule has 0 saturated carbocycles. The zero-order chi connectivity index (χ0) is 20.1. The van der Waals surface area contributed by atoms with Crippen LogP contribution in [0.1, 0.15) is 56.2 Å². The summed E-state index contributed by atoms with van der Waals surface area (Å²) in [5.41, 5.74) is 8.41. The Balaban J connectivity index is 0.00000218. The summed E-state index contributed by atoms with van der Waals surface area (Å²) in [4.78, 5) is 2.18. The standard InChI is InChI=1S/C26H25N3.Ir/c1-17(2)19-10-12-22-23-14-20(18(3)4)11-13-25(23)28-16-29(21-8-6-5-7-9-21)27-26(28)24(22)15-19;/h5-12,14-18H,1-4H3;/q-2;. The van der Waals surface area contributed by atoms with Gasteiger partial charge in [0.2, 0.25) is 0 Å². The van der Waals surface area contributed by atoms with Gasteiger partial charge < -0.3 is 9.91 Å². The molecule has 3 nitrogen and oxygen atoms in total. The van der Waals surface area contributed by atoms with Gasteiger partial charge in [-0.05, 0) is 29.7 Å². The first-order chi connectivity index (χ1) is 14.0. The molecule has 0 N–H and O–H groups in total. The number of fused-ring (bicyclic) bond motifs is 6. The van der Waals surface area contributed by atoms with Crippen LogP contribution in [0.25, 0.3) is 11.1 Å². The third-order valence-corrected chi connectivity index (χ3v) is 5.77. The first-order valence-electron chi connectivity index (χ1n) is 10.3. The number of anilines is 2. The fourth-order valence-corrected chi connectivity index (χ4v) is 3.98. The predicted octanol–water partition coefficient (Wildman–Crippen LogP) is 6.52. The Hall–Kier alpha value is -2.42. The van der Waals surface area contributed by atoms with Gasteiger partial charge in [0.1, 0.15) is 5.84 Å². The molecule has 2 heterocycles. The van der Waals surface area contributed by atoms with Crippen LogP contribution in [-0.4, -0.2) is 5.84 Å². The molecule has 3 aromatic rings. The van der Waals surface area contributed by atoms with E-state index in [4.69, 9.17) is 5.10 Å². The molecule has 0 aromatic heterocycles. The van der Waals surface area contributed by atoms with E-state index in [1.165, 1.54) is 27.8 Å². The zero-order valence-electron chi connectivity index (χ0n) is 17.7. The fraction of sp³-hybridized carbons (Fsp3) is 0.231. The second-order valence-electron chi connectivity index (χ2n) is 8.40. The van der Waals surface area contributed by atoms with Gasteiger partial charge in [-0.1, -0.05) is 75.2 Å². The third kappa shape index (κ3) is 3.38. The van der Waals surface area contributed by atoms with E-state index in [2.05, 4.69) is 87.8 Å². The molecule has 1 radical (unpaired) electrons. The van der Waals surface area contributed by atoms with Gasteiger partial charge in [0.05, 0.1) is 0 Å². The zero-order valence-corrected chi connectivity index (χ0v) is 20.1. The van der Waals surface area contributed by atoms with E-state index in [0.717, 1.165) is 17.2 Å². The average Bonchev–Trinajstić information content (AvgIpc) is 3.19. The Morgan fingerprint density at radius 3 is 2.23 bits per heavy atom. The van der Waals surface area contributed by atoms with Crippen molar-refractivity contribution in [2.24, 2.45) is 5.10 Å². The minimum absolute atomic E-state index is 0. The molecule has 0 spiro atoms. The van der Waals surface area contributed by atoms with Crippen molar-refractivity contribution in [2.45, 2.75) is 39.5 Å². The van der Waals surface area contributed by atoms with Gasteiger partial charge in [-0.2, -0.15) is 28.9 Å². The van der Waals surface area contributed by atoms with Crippen LogP contribution in [0.5, 0.6) is 0 Å². The molecule has 155 valence electrons. The number of rotatable bonds is 3. The van der Waals surface area contributed by atoms with Gasteiger partial charge in [-0.25, -0.2) is 0 Å². The topological polar surface area (TPSA) is 18.8 Å². The summed E-state index contributed by atoms with van der Waals surface area (Å²) in [5.74, 6) is 1.90. The number of amidine groups is 1. The Bertz CT molecular complexity index is 1100. The first kappa shape index (κ1) is 20.8. The van der Waals surface area contributed by atoms with Crippen LogP contribution in [0.15, 0.2) is 65.8 Å². The summed E-state index contributed by atoms with van der Waals surface area (Å²) in [6, 6.07) is 25.1. The van der Waals surface area contributed by atoms with E-state index >= 15 is 0 Å². The fourth-order valence-electron chi connectivity index (χ4n) is 3.98. The van der Waals surface area contributed by atoms with Crippen LogP contribution in [-0.2, 0) is 20.1 Å². The van der Waals surface area contributed by atoms with Gasteiger partial charge in [0, 0.05) is 31.4 Å². The Kier molecular flexibility index (Phi) is 5.57. The molecule has 0 amide bonds. The van der Waals surface area contributed by atoms with Crippen LogP contribution in [0.3, 0.4) is 0 Å². The van der Waals surface area contributed by atoms with Gasteiger partial charge in [0.25, 0.3) is 0 Å². The van der Waals surface area contributed by atoms with E-state index in [1.54, 1.807) is 0 Å². The minimum Gasteiger partial charge on any atom is -0.476 e. The molecule has 0 bridgehead atoms. The predicted molar refractivity (Wildman–Crippen MR) is 121 cm³/mol. The quantitative estimate of drug-likeness (QED) is 0.334. The van der Waals surface area contributed by atoms with Crippen molar-refractivity contribution in [3.05, 3.63) is 90.1 Å². The Morgan fingerprint density at radius 2 is 1.53 bits per heavy atom. The van der Waals surface area contributed by atoms with Gasteiger partial charge in [-0.15, -0.1) is 12.2 Å². The SMILES string of the molecule is CC(C)c1ccc2c(c1)C1=NN(c3ccccc3)[CH-]N1c1[c-]cc(C(C)C)cc1-2.[Ir]. The summed E-state index contributed by atoms with van der Waals surface area (Å²) in [7, 11) is 0. The van der Waals surface area contributed by atoms with Crippen LogP contribution >= 0.6 is 0 Å². The molecule has 3 aromatic carbocycles. The summed E-state index contributed by atoms with van der Waals surface area (Å²) >= 11 is 0. The number of benzene rings is 3. The van der Waals surface area contributed by atoms with Gasteiger partial charge in [0.15, 0.2) is 0 Å². The van der Waals surface area contributed by atoms with Crippen molar-refractivity contribution in [1.29, 1.82) is 0 Å². The first-order valence-corrected chi connectivity index (χ1v) is 10.3. The number of hydrazone groups is 1. The van der Waals surface area contributed by atoms with E-state index in [1.807, 2.05) is 23.2 Å². The van der Waals surface area contributed by atoms with Crippen LogP contribution in [0.4, 0.5) is 11.4 Å².